The maximum Gasteiger partial charge on any atom is 0.150 e. The monoisotopic (exact) mass is 380 g/mol. The molecule has 29 heavy (non-hydrogen) atoms. The van der Waals surface area contributed by atoms with Crippen LogP contribution in [0.2, 0.25) is 0 Å². The van der Waals surface area contributed by atoms with Crippen molar-refractivity contribution >= 4 is 11.4 Å². The maximum atomic E-state index is 6.29. The second kappa shape index (κ2) is 9.47. The average molecular weight is 380 g/mol. The first-order valence-electron chi connectivity index (χ1n) is 9.80. The minimum Gasteiger partial charge on any atom is -0.453 e. The van der Waals surface area contributed by atoms with Crippen LogP contribution in [-0.2, 0) is 13.1 Å². The molecule has 0 aliphatic carbocycles. The Morgan fingerprint density at radius 1 is 0.448 bits per heavy atom. The highest BCUT2D eigenvalue weighted by Crippen LogP contribution is 2.34. The molecule has 3 nitrogen and oxygen atoms in total. The first-order valence-corrected chi connectivity index (χ1v) is 9.80. The third kappa shape index (κ3) is 5.17. The van der Waals surface area contributed by atoms with Crippen LogP contribution in [0.3, 0.4) is 0 Å². The van der Waals surface area contributed by atoms with Crippen LogP contribution in [0.15, 0.2) is 109 Å². The third-order valence-corrected chi connectivity index (χ3v) is 4.65. The predicted molar refractivity (Wildman–Crippen MR) is 120 cm³/mol. The predicted octanol–water partition coefficient (Wildman–Crippen LogP) is 6.70. The summed E-state index contributed by atoms with van der Waals surface area (Å²) in [7, 11) is 0. The molecular formula is C26H24N2O. The molecule has 4 aromatic rings. The summed E-state index contributed by atoms with van der Waals surface area (Å²) >= 11 is 0. The van der Waals surface area contributed by atoms with Crippen molar-refractivity contribution in [2.75, 3.05) is 10.6 Å². The Balaban J connectivity index is 1.48. The fourth-order valence-electron chi connectivity index (χ4n) is 3.11. The summed E-state index contributed by atoms with van der Waals surface area (Å²) in [4.78, 5) is 0. The zero-order valence-corrected chi connectivity index (χ0v) is 16.2. The maximum absolute atomic E-state index is 6.29. The summed E-state index contributed by atoms with van der Waals surface area (Å²) in [5, 5.41) is 6.96. The molecule has 3 heteroatoms. The molecule has 0 bridgehead atoms. The van der Waals surface area contributed by atoms with Crippen molar-refractivity contribution in [2.45, 2.75) is 13.1 Å². The van der Waals surface area contributed by atoms with Crippen LogP contribution in [0.25, 0.3) is 0 Å². The van der Waals surface area contributed by atoms with Crippen molar-refractivity contribution in [1.29, 1.82) is 0 Å². The van der Waals surface area contributed by atoms with E-state index in [4.69, 9.17) is 4.74 Å². The van der Waals surface area contributed by atoms with Gasteiger partial charge in [0.1, 0.15) is 0 Å². The highest BCUT2D eigenvalue weighted by atomic mass is 16.5. The largest absolute Gasteiger partial charge is 0.453 e. The molecule has 0 saturated heterocycles. The van der Waals surface area contributed by atoms with Crippen molar-refractivity contribution in [3.8, 4) is 11.5 Å². The van der Waals surface area contributed by atoms with Gasteiger partial charge in [-0.25, -0.2) is 0 Å². The molecule has 0 atom stereocenters. The van der Waals surface area contributed by atoms with E-state index >= 15 is 0 Å². The second-order valence-electron chi connectivity index (χ2n) is 6.77. The molecule has 0 amide bonds. The molecule has 2 N–H and O–H groups in total. The summed E-state index contributed by atoms with van der Waals surface area (Å²) in [6.45, 7) is 1.49. The minimum atomic E-state index is 0.745. The lowest BCUT2D eigenvalue weighted by atomic mass is 10.2. The van der Waals surface area contributed by atoms with Crippen LogP contribution in [0.1, 0.15) is 11.1 Å². The van der Waals surface area contributed by atoms with Gasteiger partial charge in [-0.1, -0.05) is 84.9 Å². The van der Waals surface area contributed by atoms with Crippen molar-refractivity contribution in [1.82, 2.24) is 0 Å². The summed E-state index contributed by atoms with van der Waals surface area (Å²) in [5.74, 6) is 1.61. The number of para-hydroxylation sites is 4. The van der Waals surface area contributed by atoms with Crippen molar-refractivity contribution in [3.63, 3.8) is 0 Å². The average Bonchev–Trinajstić information content (AvgIpc) is 2.79. The van der Waals surface area contributed by atoms with E-state index in [0.717, 1.165) is 36.0 Å². The van der Waals surface area contributed by atoms with Crippen LogP contribution in [-0.4, -0.2) is 0 Å². The van der Waals surface area contributed by atoms with E-state index in [1.165, 1.54) is 11.1 Å². The number of rotatable bonds is 8. The number of nitrogens with one attached hydrogen (secondary N) is 2. The Kier molecular flexibility index (Phi) is 6.08. The zero-order valence-electron chi connectivity index (χ0n) is 16.2. The Morgan fingerprint density at radius 2 is 0.828 bits per heavy atom. The Bertz CT molecular complexity index is 948. The number of hydrogen-bond donors (Lipinski definition) is 2. The standard InChI is InChI=1S/C26H24N2O/c1-3-11-21(12-4-1)19-27-23-15-7-9-17-25(23)29-26-18-10-8-16-24(26)28-20-22-13-5-2-6-14-22/h1-18,27-28H,19-20H2. The summed E-state index contributed by atoms with van der Waals surface area (Å²) in [6.07, 6.45) is 0. The third-order valence-electron chi connectivity index (χ3n) is 4.65. The van der Waals surface area contributed by atoms with E-state index in [1.54, 1.807) is 0 Å². The number of hydrogen-bond acceptors (Lipinski definition) is 3. The summed E-state index contributed by atoms with van der Waals surface area (Å²) in [6, 6.07) is 36.8. The van der Waals surface area contributed by atoms with Crippen LogP contribution in [0.5, 0.6) is 11.5 Å². The van der Waals surface area contributed by atoms with Crippen LogP contribution >= 0.6 is 0 Å². The fourth-order valence-corrected chi connectivity index (χ4v) is 3.11. The Labute approximate surface area is 172 Å². The lowest BCUT2D eigenvalue weighted by molar-refractivity contribution is 0.486. The Hall–Kier alpha value is -3.72. The molecule has 0 spiro atoms. The van der Waals surface area contributed by atoms with Gasteiger partial charge in [-0.2, -0.15) is 0 Å². The first kappa shape index (κ1) is 18.6. The summed E-state index contributed by atoms with van der Waals surface area (Å²) < 4.78 is 6.29. The molecule has 4 aromatic carbocycles. The van der Waals surface area contributed by atoms with E-state index in [9.17, 15) is 0 Å². The van der Waals surface area contributed by atoms with Gasteiger partial charge in [0.25, 0.3) is 0 Å². The molecule has 0 heterocycles. The van der Waals surface area contributed by atoms with Gasteiger partial charge in [0, 0.05) is 13.1 Å². The molecule has 0 saturated carbocycles. The molecule has 0 aliphatic heterocycles. The number of ether oxygens (including phenoxy) is 1. The van der Waals surface area contributed by atoms with Crippen LogP contribution in [0.4, 0.5) is 11.4 Å². The number of benzene rings is 4. The van der Waals surface area contributed by atoms with Crippen molar-refractivity contribution in [3.05, 3.63) is 120 Å². The van der Waals surface area contributed by atoms with E-state index < -0.39 is 0 Å². The highest BCUT2D eigenvalue weighted by Gasteiger charge is 2.08. The molecule has 0 fully saturated rings. The molecule has 0 unspecified atom stereocenters. The molecule has 0 aromatic heterocycles. The Morgan fingerprint density at radius 3 is 1.28 bits per heavy atom. The topological polar surface area (TPSA) is 33.3 Å². The zero-order chi connectivity index (χ0) is 19.7. The van der Waals surface area contributed by atoms with Gasteiger partial charge < -0.3 is 15.4 Å². The van der Waals surface area contributed by atoms with E-state index in [-0.39, 0.29) is 0 Å². The lowest BCUT2D eigenvalue weighted by Gasteiger charge is -2.16. The van der Waals surface area contributed by atoms with Gasteiger partial charge >= 0.3 is 0 Å². The van der Waals surface area contributed by atoms with E-state index in [2.05, 4.69) is 34.9 Å². The van der Waals surface area contributed by atoms with Gasteiger partial charge in [-0.05, 0) is 35.4 Å². The van der Waals surface area contributed by atoms with Crippen LogP contribution in [0, 0.1) is 0 Å². The van der Waals surface area contributed by atoms with E-state index in [0.29, 0.717) is 0 Å². The van der Waals surface area contributed by atoms with Gasteiger partial charge in [0.05, 0.1) is 11.4 Å². The molecule has 4 rings (SSSR count). The molecule has 0 aliphatic rings. The fraction of sp³-hybridized carbons (Fsp3) is 0.0769. The SMILES string of the molecule is c1ccc(CNc2ccccc2Oc2ccccc2NCc2ccccc2)cc1. The molecule has 0 radical (unpaired) electrons. The highest BCUT2D eigenvalue weighted by molar-refractivity contribution is 5.62. The normalized spacial score (nSPS) is 10.3. The molecule has 144 valence electrons. The van der Waals surface area contributed by atoms with Crippen molar-refractivity contribution in [2.24, 2.45) is 0 Å². The molecular weight excluding hydrogens is 356 g/mol. The van der Waals surface area contributed by atoms with Gasteiger partial charge in [-0.15, -0.1) is 0 Å². The second-order valence-corrected chi connectivity index (χ2v) is 6.77. The lowest BCUT2D eigenvalue weighted by Crippen LogP contribution is -2.03. The van der Waals surface area contributed by atoms with Gasteiger partial charge in [0.2, 0.25) is 0 Å². The summed E-state index contributed by atoms with van der Waals surface area (Å²) in [5.41, 5.74) is 4.39. The minimum absolute atomic E-state index is 0.745. The smallest absolute Gasteiger partial charge is 0.150 e. The first-order chi connectivity index (χ1) is 14.4. The van der Waals surface area contributed by atoms with E-state index in [1.807, 2.05) is 84.9 Å². The van der Waals surface area contributed by atoms with Gasteiger partial charge in [-0.3, -0.25) is 0 Å². The van der Waals surface area contributed by atoms with Crippen molar-refractivity contribution < 1.29 is 4.74 Å². The van der Waals surface area contributed by atoms with Crippen LogP contribution < -0.4 is 15.4 Å². The quantitative estimate of drug-likeness (QED) is 0.357. The van der Waals surface area contributed by atoms with Gasteiger partial charge in [0.15, 0.2) is 11.5 Å². The number of anilines is 2.